The monoisotopic (exact) mass is 462 g/mol. The number of aromatic nitrogens is 5. The highest BCUT2D eigenvalue weighted by Crippen LogP contribution is 2.33. The maximum absolute atomic E-state index is 13.0. The van der Waals surface area contributed by atoms with E-state index in [4.69, 9.17) is 9.15 Å². The lowest BCUT2D eigenvalue weighted by Crippen LogP contribution is -2.32. The second-order valence-electron chi connectivity index (χ2n) is 8.91. The van der Waals surface area contributed by atoms with E-state index in [0.717, 1.165) is 47.5 Å². The smallest absolute Gasteiger partial charge is 0.252 e. The third kappa shape index (κ3) is 4.48. The fourth-order valence-corrected chi connectivity index (χ4v) is 5.01. The minimum absolute atomic E-state index is 0.0684. The molecular formula is C25H30N6O3. The molecule has 34 heavy (non-hydrogen) atoms. The first-order chi connectivity index (χ1) is 16.7. The average molecular weight is 463 g/mol. The molecule has 1 atom stereocenters. The van der Waals surface area contributed by atoms with Crippen LogP contribution in [-0.2, 0) is 13.1 Å². The van der Waals surface area contributed by atoms with E-state index in [2.05, 4.69) is 32.3 Å². The normalized spacial score (nSPS) is 15.4. The zero-order chi connectivity index (χ0) is 23.5. The number of pyridine rings is 1. The van der Waals surface area contributed by atoms with E-state index < -0.39 is 0 Å². The van der Waals surface area contributed by atoms with Gasteiger partial charge in [0.15, 0.2) is 5.82 Å². The number of H-pyrrole nitrogens is 1. The molecule has 0 bridgehead atoms. The Morgan fingerprint density at radius 2 is 2.09 bits per heavy atom. The summed E-state index contributed by atoms with van der Waals surface area (Å²) in [4.78, 5) is 18.3. The Balaban J connectivity index is 1.52. The molecule has 0 spiro atoms. The molecule has 178 valence electrons. The molecule has 0 saturated heterocycles. The van der Waals surface area contributed by atoms with Crippen LogP contribution in [0.3, 0.4) is 0 Å². The summed E-state index contributed by atoms with van der Waals surface area (Å²) in [6.45, 7) is 3.10. The summed E-state index contributed by atoms with van der Waals surface area (Å²) in [5.41, 5.74) is 1.35. The van der Waals surface area contributed by atoms with Crippen molar-refractivity contribution in [2.75, 3.05) is 7.11 Å². The Morgan fingerprint density at radius 3 is 2.82 bits per heavy atom. The van der Waals surface area contributed by atoms with Crippen LogP contribution in [0.25, 0.3) is 10.9 Å². The second-order valence-corrected chi connectivity index (χ2v) is 8.91. The standard InChI is InChI=1S/C25H30N6O3/c1-3-23(24-27-28-29-31(24)19-7-4-5-8-19)30(16-21-9-6-12-34-21)15-18-13-17-14-20(33-2)10-11-22(17)26-25(18)32/h6,9-14,19,23H,3-5,7-8,15-16H2,1-2H3,(H,26,32)/t23-/m1/s1. The van der Waals surface area contributed by atoms with Gasteiger partial charge in [0.2, 0.25) is 0 Å². The molecule has 5 rings (SSSR count). The Kier molecular flexibility index (Phi) is 6.44. The Bertz CT molecular complexity index is 1290. The van der Waals surface area contributed by atoms with Crippen molar-refractivity contribution in [3.63, 3.8) is 0 Å². The van der Waals surface area contributed by atoms with Gasteiger partial charge in [-0.1, -0.05) is 19.8 Å². The molecule has 1 aromatic carbocycles. The molecule has 0 amide bonds. The summed E-state index contributed by atoms with van der Waals surface area (Å²) in [6, 6.07) is 11.7. The van der Waals surface area contributed by atoms with Gasteiger partial charge in [0, 0.05) is 23.0 Å². The topological polar surface area (TPSA) is 102 Å². The largest absolute Gasteiger partial charge is 0.497 e. The van der Waals surface area contributed by atoms with Crippen molar-refractivity contribution >= 4 is 10.9 Å². The summed E-state index contributed by atoms with van der Waals surface area (Å²) in [7, 11) is 1.64. The summed E-state index contributed by atoms with van der Waals surface area (Å²) < 4.78 is 13.0. The van der Waals surface area contributed by atoms with E-state index in [-0.39, 0.29) is 11.6 Å². The number of hydrogen-bond donors (Lipinski definition) is 1. The fourth-order valence-electron chi connectivity index (χ4n) is 5.01. The average Bonchev–Trinajstić information content (AvgIpc) is 3.62. The van der Waals surface area contributed by atoms with Gasteiger partial charge in [0.05, 0.1) is 32.0 Å². The molecular weight excluding hydrogens is 432 g/mol. The first kappa shape index (κ1) is 22.3. The summed E-state index contributed by atoms with van der Waals surface area (Å²) in [5, 5.41) is 13.8. The third-order valence-corrected chi connectivity index (χ3v) is 6.76. The van der Waals surface area contributed by atoms with Gasteiger partial charge in [-0.15, -0.1) is 5.10 Å². The van der Waals surface area contributed by atoms with Crippen molar-refractivity contribution in [3.05, 3.63) is 70.2 Å². The number of ether oxygens (including phenoxy) is 1. The Hall–Kier alpha value is -3.46. The summed E-state index contributed by atoms with van der Waals surface area (Å²) >= 11 is 0. The number of tetrazole rings is 1. The van der Waals surface area contributed by atoms with Crippen molar-refractivity contribution in [2.45, 2.75) is 64.2 Å². The van der Waals surface area contributed by atoms with Gasteiger partial charge in [-0.25, -0.2) is 4.68 Å². The lowest BCUT2D eigenvalue weighted by Gasteiger charge is -2.30. The van der Waals surface area contributed by atoms with Gasteiger partial charge >= 0.3 is 0 Å². The first-order valence-electron chi connectivity index (χ1n) is 11.9. The molecule has 4 aromatic rings. The van der Waals surface area contributed by atoms with Crippen LogP contribution >= 0.6 is 0 Å². The molecule has 1 aliphatic carbocycles. The van der Waals surface area contributed by atoms with Crippen LogP contribution in [0, 0.1) is 0 Å². The van der Waals surface area contributed by atoms with E-state index in [9.17, 15) is 4.79 Å². The number of benzene rings is 1. The van der Waals surface area contributed by atoms with Gasteiger partial charge in [0.1, 0.15) is 11.5 Å². The van der Waals surface area contributed by atoms with Crippen molar-refractivity contribution in [1.29, 1.82) is 0 Å². The highest BCUT2D eigenvalue weighted by Gasteiger charge is 2.30. The molecule has 1 aliphatic rings. The van der Waals surface area contributed by atoms with Crippen LogP contribution in [0.15, 0.2) is 51.9 Å². The van der Waals surface area contributed by atoms with Crippen LogP contribution in [-0.4, -0.2) is 37.2 Å². The molecule has 3 aromatic heterocycles. The van der Waals surface area contributed by atoms with Gasteiger partial charge in [-0.2, -0.15) is 0 Å². The van der Waals surface area contributed by atoms with Crippen LogP contribution in [0.2, 0.25) is 0 Å². The van der Waals surface area contributed by atoms with E-state index in [1.54, 1.807) is 13.4 Å². The van der Waals surface area contributed by atoms with E-state index in [1.165, 1.54) is 12.8 Å². The quantitative estimate of drug-likeness (QED) is 0.394. The molecule has 9 nitrogen and oxygen atoms in total. The van der Waals surface area contributed by atoms with Gasteiger partial charge in [0.25, 0.3) is 5.56 Å². The van der Waals surface area contributed by atoms with Gasteiger partial charge < -0.3 is 14.1 Å². The van der Waals surface area contributed by atoms with Crippen LogP contribution in [0.5, 0.6) is 5.75 Å². The molecule has 9 heteroatoms. The maximum atomic E-state index is 13.0. The van der Waals surface area contributed by atoms with Crippen molar-refractivity contribution in [3.8, 4) is 5.75 Å². The Labute approximate surface area is 197 Å². The number of methoxy groups -OCH3 is 1. The highest BCUT2D eigenvalue weighted by atomic mass is 16.5. The number of fused-ring (bicyclic) bond motifs is 1. The summed E-state index contributed by atoms with van der Waals surface area (Å²) in [5.74, 6) is 2.43. The molecule has 1 fully saturated rings. The minimum Gasteiger partial charge on any atom is -0.497 e. The van der Waals surface area contributed by atoms with Crippen LogP contribution < -0.4 is 10.3 Å². The third-order valence-electron chi connectivity index (χ3n) is 6.76. The molecule has 0 unspecified atom stereocenters. The van der Waals surface area contributed by atoms with Gasteiger partial charge in [-0.3, -0.25) is 9.69 Å². The lowest BCUT2D eigenvalue weighted by molar-refractivity contribution is 0.146. The number of nitrogens with one attached hydrogen (secondary N) is 1. The van der Waals surface area contributed by atoms with Crippen LogP contribution in [0.4, 0.5) is 0 Å². The summed E-state index contributed by atoms with van der Waals surface area (Å²) in [6.07, 6.45) is 7.07. The van der Waals surface area contributed by atoms with E-state index in [1.807, 2.05) is 41.1 Å². The number of hydrogen-bond acceptors (Lipinski definition) is 7. The number of rotatable bonds is 9. The van der Waals surface area contributed by atoms with Crippen molar-refractivity contribution in [2.24, 2.45) is 0 Å². The number of aromatic amines is 1. The van der Waals surface area contributed by atoms with Crippen molar-refractivity contribution < 1.29 is 9.15 Å². The number of nitrogens with zero attached hydrogens (tertiary/aromatic N) is 5. The fraction of sp³-hybridized carbons (Fsp3) is 0.440. The minimum atomic E-state index is -0.104. The van der Waals surface area contributed by atoms with Gasteiger partial charge in [-0.05, 0) is 66.1 Å². The molecule has 0 aliphatic heterocycles. The SMILES string of the molecule is CC[C@H](c1nnnn1C1CCCC1)N(Cc1ccco1)Cc1cc2cc(OC)ccc2[nH]c1=O. The number of furan rings is 1. The Morgan fingerprint density at radius 1 is 1.24 bits per heavy atom. The highest BCUT2D eigenvalue weighted by molar-refractivity contribution is 5.80. The lowest BCUT2D eigenvalue weighted by atomic mass is 10.1. The molecule has 3 heterocycles. The zero-order valence-electron chi connectivity index (χ0n) is 19.6. The second kappa shape index (κ2) is 9.80. The van der Waals surface area contributed by atoms with E-state index in [0.29, 0.717) is 24.7 Å². The van der Waals surface area contributed by atoms with Crippen molar-refractivity contribution in [1.82, 2.24) is 30.1 Å². The first-order valence-corrected chi connectivity index (χ1v) is 11.9. The van der Waals surface area contributed by atoms with E-state index >= 15 is 0 Å². The molecule has 1 N–H and O–H groups in total. The molecule has 0 radical (unpaired) electrons. The molecule has 1 saturated carbocycles. The predicted octanol–water partition coefficient (Wildman–Crippen LogP) is 4.38. The predicted molar refractivity (Wildman–Crippen MR) is 127 cm³/mol. The maximum Gasteiger partial charge on any atom is 0.252 e. The van der Waals surface area contributed by atoms with Crippen LogP contribution in [0.1, 0.15) is 68.3 Å². The zero-order valence-corrected chi connectivity index (χ0v) is 19.6.